The van der Waals surface area contributed by atoms with Crippen molar-refractivity contribution in [3.8, 4) is 0 Å². The summed E-state index contributed by atoms with van der Waals surface area (Å²) in [5.41, 5.74) is 2.17. The molecule has 0 atom stereocenters. The summed E-state index contributed by atoms with van der Waals surface area (Å²) >= 11 is 3.57. The fraction of sp³-hybridized carbons (Fsp3) is 0.286. The van der Waals surface area contributed by atoms with Gasteiger partial charge in [-0.1, -0.05) is 19.1 Å². The van der Waals surface area contributed by atoms with Crippen LogP contribution in [-0.2, 0) is 0 Å². The fourth-order valence-electron chi connectivity index (χ4n) is 1.65. The van der Waals surface area contributed by atoms with Crippen molar-refractivity contribution in [2.75, 3.05) is 17.2 Å². The summed E-state index contributed by atoms with van der Waals surface area (Å²) < 4.78 is 1.05. The van der Waals surface area contributed by atoms with Crippen LogP contribution in [0.15, 0.2) is 35.1 Å². The van der Waals surface area contributed by atoms with E-state index in [9.17, 15) is 0 Å². The molecule has 4 nitrogen and oxygen atoms in total. The van der Waals surface area contributed by atoms with Crippen molar-refractivity contribution in [2.24, 2.45) is 0 Å². The van der Waals surface area contributed by atoms with Crippen LogP contribution in [0.3, 0.4) is 0 Å². The van der Waals surface area contributed by atoms with Crippen LogP contribution >= 0.6 is 15.9 Å². The second kappa shape index (κ2) is 6.52. The first kappa shape index (κ1) is 13.8. The second-order valence-electron chi connectivity index (χ2n) is 4.28. The van der Waals surface area contributed by atoms with Gasteiger partial charge in [0.2, 0.25) is 0 Å². The highest BCUT2D eigenvalue weighted by molar-refractivity contribution is 9.10. The predicted molar refractivity (Wildman–Crippen MR) is 83.0 cm³/mol. The molecule has 0 unspecified atom stereocenters. The summed E-state index contributed by atoms with van der Waals surface area (Å²) in [6, 6.07) is 6.07. The largest absolute Gasteiger partial charge is 0.369 e. The molecule has 0 aliphatic heterocycles. The molecule has 0 amide bonds. The maximum atomic E-state index is 4.47. The predicted octanol–water partition coefficient (Wildman–Crippen LogP) is 4.11. The Morgan fingerprint density at radius 1 is 1.21 bits per heavy atom. The van der Waals surface area contributed by atoms with Gasteiger partial charge < -0.3 is 10.6 Å². The highest BCUT2D eigenvalue weighted by Gasteiger charge is 2.04. The maximum absolute atomic E-state index is 4.47. The SMILES string of the molecule is CCCNc1cncc(Nc2cccc(C)c2Br)n1. The number of halogens is 1. The van der Waals surface area contributed by atoms with Gasteiger partial charge in [0.25, 0.3) is 0 Å². The lowest BCUT2D eigenvalue weighted by Gasteiger charge is -2.10. The summed E-state index contributed by atoms with van der Waals surface area (Å²) in [6.07, 6.45) is 4.50. The number of hydrogen-bond donors (Lipinski definition) is 2. The highest BCUT2D eigenvalue weighted by atomic mass is 79.9. The standard InChI is InChI=1S/C14H17BrN4/c1-3-7-17-12-8-16-9-13(19-12)18-11-6-4-5-10(2)14(11)15/h4-6,8-9H,3,7H2,1-2H3,(H2,17,18,19). The molecule has 2 rings (SSSR count). The number of aryl methyl sites for hydroxylation is 1. The molecule has 0 saturated heterocycles. The summed E-state index contributed by atoms with van der Waals surface area (Å²) in [7, 11) is 0. The minimum absolute atomic E-state index is 0.729. The quantitative estimate of drug-likeness (QED) is 0.870. The average molecular weight is 321 g/mol. The average Bonchev–Trinajstić information content (AvgIpc) is 2.42. The summed E-state index contributed by atoms with van der Waals surface area (Å²) in [5.74, 6) is 1.52. The Hall–Kier alpha value is -1.62. The molecule has 0 bridgehead atoms. The van der Waals surface area contributed by atoms with E-state index in [1.807, 2.05) is 12.1 Å². The van der Waals surface area contributed by atoms with Gasteiger partial charge >= 0.3 is 0 Å². The third-order valence-electron chi connectivity index (χ3n) is 2.65. The first-order valence-electron chi connectivity index (χ1n) is 6.28. The lowest BCUT2D eigenvalue weighted by molar-refractivity contribution is 0.965. The monoisotopic (exact) mass is 320 g/mol. The second-order valence-corrected chi connectivity index (χ2v) is 5.07. The van der Waals surface area contributed by atoms with Crippen molar-refractivity contribution < 1.29 is 0 Å². The van der Waals surface area contributed by atoms with Gasteiger partial charge in [-0.05, 0) is 40.9 Å². The van der Waals surface area contributed by atoms with Crippen molar-refractivity contribution >= 4 is 33.3 Å². The Bertz CT molecular complexity index is 557. The van der Waals surface area contributed by atoms with E-state index in [1.165, 1.54) is 5.56 Å². The Morgan fingerprint density at radius 3 is 2.79 bits per heavy atom. The highest BCUT2D eigenvalue weighted by Crippen LogP contribution is 2.28. The molecule has 0 spiro atoms. The smallest absolute Gasteiger partial charge is 0.151 e. The lowest BCUT2D eigenvalue weighted by Crippen LogP contribution is -2.04. The lowest BCUT2D eigenvalue weighted by atomic mass is 10.2. The van der Waals surface area contributed by atoms with E-state index < -0.39 is 0 Å². The van der Waals surface area contributed by atoms with E-state index in [2.05, 4.69) is 56.4 Å². The number of rotatable bonds is 5. The molecule has 5 heteroatoms. The molecule has 0 aliphatic carbocycles. The number of nitrogens with zero attached hydrogens (tertiary/aromatic N) is 2. The zero-order chi connectivity index (χ0) is 13.7. The van der Waals surface area contributed by atoms with Crippen molar-refractivity contribution in [2.45, 2.75) is 20.3 Å². The van der Waals surface area contributed by atoms with Crippen LogP contribution in [0.2, 0.25) is 0 Å². The van der Waals surface area contributed by atoms with E-state index in [-0.39, 0.29) is 0 Å². The summed E-state index contributed by atoms with van der Waals surface area (Å²) in [5, 5.41) is 6.49. The van der Waals surface area contributed by atoms with Gasteiger partial charge in [-0.2, -0.15) is 0 Å². The van der Waals surface area contributed by atoms with Gasteiger partial charge in [0.05, 0.1) is 18.1 Å². The van der Waals surface area contributed by atoms with Gasteiger partial charge in [0.1, 0.15) is 5.82 Å². The van der Waals surface area contributed by atoms with Gasteiger partial charge in [-0.15, -0.1) is 0 Å². The molecule has 2 aromatic rings. The molecule has 2 N–H and O–H groups in total. The molecule has 0 fully saturated rings. The number of nitrogens with one attached hydrogen (secondary N) is 2. The Morgan fingerprint density at radius 2 is 2.00 bits per heavy atom. The number of anilines is 3. The molecule has 0 aliphatic rings. The number of benzene rings is 1. The van der Waals surface area contributed by atoms with Crippen LogP contribution in [0.5, 0.6) is 0 Å². The van der Waals surface area contributed by atoms with Crippen molar-refractivity contribution in [1.82, 2.24) is 9.97 Å². The van der Waals surface area contributed by atoms with Crippen molar-refractivity contribution in [3.63, 3.8) is 0 Å². The third-order valence-corrected chi connectivity index (χ3v) is 3.70. The van der Waals surface area contributed by atoms with E-state index in [1.54, 1.807) is 12.4 Å². The fourth-order valence-corrected chi connectivity index (χ4v) is 2.01. The normalized spacial score (nSPS) is 10.3. The molecule has 19 heavy (non-hydrogen) atoms. The van der Waals surface area contributed by atoms with E-state index in [4.69, 9.17) is 0 Å². The molecule has 1 heterocycles. The Labute approximate surface area is 121 Å². The molecule has 0 radical (unpaired) electrons. The Balaban J connectivity index is 2.16. The first-order valence-corrected chi connectivity index (χ1v) is 7.08. The zero-order valence-corrected chi connectivity index (χ0v) is 12.7. The topological polar surface area (TPSA) is 49.8 Å². The van der Waals surface area contributed by atoms with Gasteiger partial charge in [0, 0.05) is 11.0 Å². The minimum atomic E-state index is 0.729. The van der Waals surface area contributed by atoms with E-state index in [0.717, 1.165) is 34.8 Å². The van der Waals surface area contributed by atoms with Gasteiger partial charge in [-0.3, -0.25) is 4.98 Å². The molecule has 1 aromatic carbocycles. The van der Waals surface area contributed by atoms with E-state index >= 15 is 0 Å². The molecular formula is C14H17BrN4. The van der Waals surface area contributed by atoms with Crippen LogP contribution in [0.1, 0.15) is 18.9 Å². The number of hydrogen-bond acceptors (Lipinski definition) is 4. The first-order chi connectivity index (χ1) is 9.20. The van der Waals surface area contributed by atoms with Crippen LogP contribution in [-0.4, -0.2) is 16.5 Å². The maximum Gasteiger partial charge on any atom is 0.151 e. The molecular weight excluding hydrogens is 304 g/mol. The van der Waals surface area contributed by atoms with Crippen molar-refractivity contribution in [1.29, 1.82) is 0 Å². The van der Waals surface area contributed by atoms with Crippen LogP contribution < -0.4 is 10.6 Å². The third kappa shape index (κ3) is 3.67. The number of aromatic nitrogens is 2. The van der Waals surface area contributed by atoms with Crippen LogP contribution in [0, 0.1) is 6.92 Å². The molecule has 1 aromatic heterocycles. The molecule has 100 valence electrons. The van der Waals surface area contributed by atoms with Gasteiger partial charge in [-0.25, -0.2) is 4.98 Å². The zero-order valence-electron chi connectivity index (χ0n) is 11.1. The molecule has 0 saturated carbocycles. The Kier molecular flexibility index (Phi) is 4.74. The van der Waals surface area contributed by atoms with E-state index in [0.29, 0.717) is 0 Å². The summed E-state index contributed by atoms with van der Waals surface area (Å²) in [6.45, 7) is 5.07. The minimum Gasteiger partial charge on any atom is -0.369 e. The van der Waals surface area contributed by atoms with Crippen LogP contribution in [0.4, 0.5) is 17.3 Å². The van der Waals surface area contributed by atoms with Crippen LogP contribution in [0.25, 0.3) is 0 Å². The van der Waals surface area contributed by atoms with Gasteiger partial charge in [0.15, 0.2) is 5.82 Å². The van der Waals surface area contributed by atoms with Crippen molar-refractivity contribution in [3.05, 3.63) is 40.6 Å². The summed E-state index contributed by atoms with van der Waals surface area (Å²) in [4.78, 5) is 8.65.